The largest absolute Gasteiger partial charge is 0.355 e. The molecule has 96 heavy (non-hydrogen) atoms. The molecule has 0 spiro atoms. The second kappa shape index (κ2) is 59.3. The van der Waals surface area contributed by atoms with Gasteiger partial charge in [0.15, 0.2) is 0 Å². The zero-order valence-corrected chi connectivity index (χ0v) is 64.6. The number of aromatic nitrogens is 4. The van der Waals surface area contributed by atoms with Crippen LogP contribution in [0, 0.1) is 0 Å². The molecule has 5 rings (SSSR count). The monoisotopic (exact) mass is 1320 g/mol. The number of H-pyrrole nitrogens is 2. The molecule has 2 aliphatic heterocycles. The molecule has 8 bridgehead atoms. The lowest BCUT2D eigenvalue weighted by Crippen LogP contribution is -1.98. The third kappa shape index (κ3) is 40.1. The Morgan fingerprint density at radius 1 is 0.240 bits per heavy atom. The zero-order chi connectivity index (χ0) is 67.5. The molecule has 3 aromatic rings. The van der Waals surface area contributed by atoms with Crippen LogP contribution < -0.4 is 0 Å². The maximum atomic E-state index is 6.02. The highest BCUT2D eigenvalue weighted by Crippen LogP contribution is 2.41. The highest BCUT2D eigenvalue weighted by atomic mass is 14.8. The Balaban J connectivity index is 1.34. The molecule has 3 aromatic heterocycles. The first-order valence-electron chi connectivity index (χ1n) is 43.8. The summed E-state index contributed by atoms with van der Waals surface area (Å²) in [6.07, 6.45) is 98.8. The van der Waals surface area contributed by atoms with Gasteiger partial charge in [0.2, 0.25) is 0 Å². The van der Waals surface area contributed by atoms with E-state index in [1.807, 2.05) is 0 Å². The molecule has 2 N–H and O–H groups in total. The average Bonchev–Trinajstić information content (AvgIpc) is 1.62. The van der Waals surface area contributed by atoms with Crippen molar-refractivity contribution in [3.8, 4) is 0 Å². The van der Waals surface area contributed by atoms with Crippen molar-refractivity contribution in [3.63, 3.8) is 0 Å². The van der Waals surface area contributed by atoms with E-state index in [1.54, 1.807) is 11.1 Å². The molecule has 0 unspecified atom stereocenters. The van der Waals surface area contributed by atoms with Crippen molar-refractivity contribution in [2.45, 2.75) is 464 Å². The van der Waals surface area contributed by atoms with Crippen LogP contribution in [0.2, 0.25) is 0 Å². The van der Waals surface area contributed by atoms with Crippen LogP contribution in [0.1, 0.15) is 485 Å². The average molecular weight is 1320 g/mol. The Bertz CT molecular complexity index is 2520. The molecule has 0 atom stereocenters. The molecule has 4 heteroatoms. The quantitative estimate of drug-likeness (QED) is 0.0433. The minimum atomic E-state index is 1.01. The second-order valence-corrected chi connectivity index (χ2v) is 31.2. The molecular weight excluding hydrogens is 1160 g/mol. The molecule has 0 saturated carbocycles. The third-order valence-corrected chi connectivity index (χ3v) is 22.2. The van der Waals surface area contributed by atoms with Crippen LogP contribution >= 0.6 is 0 Å². The van der Waals surface area contributed by atoms with Gasteiger partial charge in [0.1, 0.15) is 0 Å². The first kappa shape index (κ1) is 83.3. The van der Waals surface area contributed by atoms with E-state index in [-0.39, 0.29) is 0 Å². The van der Waals surface area contributed by atoms with E-state index in [0.717, 1.165) is 48.1 Å². The van der Waals surface area contributed by atoms with E-state index in [1.165, 1.54) is 444 Å². The van der Waals surface area contributed by atoms with Crippen molar-refractivity contribution in [2.75, 3.05) is 0 Å². The maximum absolute atomic E-state index is 6.02. The molecule has 0 saturated heterocycles. The molecule has 5 heterocycles. The van der Waals surface area contributed by atoms with Crippen LogP contribution in [0.3, 0.4) is 0 Å². The summed E-state index contributed by atoms with van der Waals surface area (Å²) in [6, 6.07) is 14.0. The van der Waals surface area contributed by atoms with E-state index in [0.29, 0.717) is 0 Å². The summed E-state index contributed by atoms with van der Waals surface area (Å²) in [4.78, 5) is 19.3. The Kier molecular flexibility index (Phi) is 51.4. The lowest BCUT2D eigenvalue weighted by atomic mass is 9.91. The van der Waals surface area contributed by atoms with Crippen molar-refractivity contribution in [3.05, 3.63) is 70.3 Å². The van der Waals surface area contributed by atoms with Gasteiger partial charge in [-0.15, -0.1) is 0 Å². The molecule has 0 aromatic carbocycles. The number of allylic oxidation sites excluding steroid dienone is 2. The number of nitrogens with zero attached hydrogens (tertiary/aromatic N) is 2. The summed E-state index contributed by atoms with van der Waals surface area (Å²) in [5.41, 5.74) is 15.6. The fourth-order valence-electron chi connectivity index (χ4n) is 15.9. The topological polar surface area (TPSA) is 57.4 Å². The summed E-state index contributed by atoms with van der Waals surface area (Å²) >= 11 is 0. The molecule has 0 amide bonds. The van der Waals surface area contributed by atoms with Gasteiger partial charge in [-0.3, -0.25) is 0 Å². The zero-order valence-electron chi connectivity index (χ0n) is 64.6. The maximum Gasteiger partial charge on any atom is 0.0725 e. The van der Waals surface area contributed by atoms with Crippen molar-refractivity contribution in [1.82, 2.24) is 19.9 Å². The summed E-state index contributed by atoms with van der Waals surface area (Å²) in [6.45, 7) is 9.31. The number of nitrogens with one attached hydrogen (secondary N) is 2. The third-order valence-electron chi connectivity index (χ3n) is 22.2. The first-order chi connectivity index (χ1) is 47.6. The molecule has 546 valence electrons. The van der Waals surface area contributed by atoms with Gasteiger partial charge in [-0.2, -0.15) is 0 Å². The van der Waals surface area contributed by atoms with E-state index < -0.39 is 0 Å². The number of aryl methyl sites for hydroxylation is 2. The first-order valence-corrected chi connectivity index (χ1v) is 43.8. The normalized spacial score (nSPS) is 12.4. The minimum absolute atomic E-state index is 1.01. The number of unbranched alkanes of at least 4 members (excludes halogenated alkanes) is 60. The second-order valence-electron chi connectivity index (χ2n) is 31.2. The van der Waals surface area contributed by atoms with Crippen molar-refractivity contribution in [1.29, 1.82) is 0 Å². The van der Waals surface area contributed by atoms with Gasteiger partial charge >= 0.3 is 0 Å². The Morgan fingerprint density at radius 2 is 0.521 bits per heavy atom. The minimum Gasteiger partial charge on any atom is -0.355 e. The fourth-order valence-corrected chi connectivity index (χ4v) is 15.9. The van der Waals surface area contributed by atoms with E-state index in [2.05, 4.69) is 86.2 Å². The van der Waals surface area contributed by atoms with Crippen molar-refractivity contribution >= 4 is 45.4 Å². The number of hydrogen-bond donors (Lipinski definition) is 2. The van der Waals surface area contributed by atoms with Crippen molar-refractivity contribution < 1.29 is 0 Å². The highest BCUT2D eigenvalue weighted by molar-refractivity contribution is 5.95. The number of hydrogen-bond acceptors (Lipinski definition) is 2. The molecule has 0 aliphatic carbocycles. The van der Waals surface area contributed by atoms with Gasteiger partial charge in [0.25, 0.3) is 0 Å². The molecular formula is C92H158N4. The number of fused-ring (bicyclic) bond motifs is 8. The fraction of sp³-hybridized carbons (Fsp3) is 0.783. The molecule has 0 fully saturated rings. The Labute approximate surface area is 596 Å². The van der Waals surface area contributed by atoms with Crippen molar-refractivity contribution in [2.24, 2.45) is 0 Å². The van der Waals surface area contributed by atoms with Gasteiger partial charge in [-0.05, 0) is 117 Å². The van der Waals surface area contributed by atoms with Crippen LogP contribution in [0.25, 0.3) is 45.4 Å². The summed E-state index contributed by atoms with van der Waals surface area (Å²) in [5, 5.41) is 0. The SMILES string of the molecule is CCCCCCCCCCCCCCCCCCC1=C(CCCCCCCCCCCCCCCCCC)c2nc1cc1nc(cc3ccc(cc4cc(CCCCCCCCCCCCCCCCCC)c([nH]4)c2CCCCCCCCCCCCCCCCCC)[nH]3)C=C1. The van der Waals surface area contributed by atoms with Gasteiger partial charge in [-0.25, -0.2) is 9.97 Å². The molecule has 4 nitrogen and oxygen atoms in total. The van der Waals surface area contributed by atoms with Gasteiger partial charge < -0.3 is 9.97 Å². The van der Waals surface area contributed by atoms with E-state index in [4.69, 9.17) is 9.97 Å². The smallest absolute Gasteiger partial charge is 0.0725 e. The van der Waals surface area contributed by atoms with E-state index >= 15 is 0 Å². The molecule has 0 radical (unpaired) electrons. The predicted octanol–water partition coefficient (Wildman–Crippen LogP) is 32.3. The van der Waals surface area contributed by atoms with Crippen LogP contribution in [0.15, 0.2) is 36.4 Å². The van der Waals surface area contributed by atoms with Gasteiger partial charge in [0, 0.05) is 27.6 Å². The van der Waals surface area contributed by atoms with Crippen LogP contribution in [0.5, 0.6) is 0 Å². The van der Waals surface area contributed by atoms with Crippen LogP contribution in [-0.4, -0.2) is 19.9 Å². The highest BCUT2D eigenvalue weighted by Gasteiger charge is 2.24. The number of aromatic amines is 2. The van der Waals surface area contributed by atoms with Gasteiger partial charge in [-0.1, -0.05) is 413 Å². The van der Waals surface area contributed by atoms with Crippen LogP contribution in [-0.2, 0) is 12.8 Å². The summed E-state index contributed by atoms with van der Waals surface area (Å²) in [5.74, 6) is 0. The number of rotatable bonds is 68. The Hall–Kier alpha value is -3.40. The summed E-state index contributed by atoms with van der Waals surface area (Å²) < 4.78 is 0. The Morgan fingerprint density at radius 3 is 0.865 bits per heavy atom. The predicted molar refractivity (Wildman–Crippen MR) is 432 cm³/mol. The standard InChI is InChI=1S/C92H158N4/c1-5-9-13-17-21-25-29-33-37-41-45-49-53-57-61-65-69-81-77-86-79-84-74-73-82(93-84)78-83-75-76-85(94-83)80-90-87(70-66-62-58-54-50-46-42-38-34-30-26-22-18-14-10-6-2)88(71-67-63-59-55-51-47-43-39-35-31-27-23-19-15-11-7-3)92(96-90)89(91(81)95-86)72-68-64-60-56-52-48-44-40-36-32-28-24-20-16-12-8-4/h73-80,93,95H,5-72H2,1-4H3. The lowest BCUT2D eigenvalue weighted by Gasteiger charge is -2.13. The van der Waals surface area contributed by atoms with Crippen LogP contribution in [0.4, 0.5) is 0 Å². The van der Waals surface area contributed by atoms with E-state index in [9.17, 15) is 0 Å². The summed E-state index contributed by atoms with van der Waals surface area (Å²) in [7, 11) is 0. The lowest BCUT2D eigenvalue weighted by molar-refractivity contribution is 0.529. The molecule has 2 aliphatic rings. The van der Waals surface area contributed by atoms with Gasteiger partial charge in [0.05, 0.1) is 22.8 Å².